The van der Waals surface area contributed by atoms with Crippen LogP contribution in [0.2, 0.25) is 0 Å². The van der Waals surface area contributed by atoms with E-state index in [9.17, 15) is 0 Å². The maximum absolute atomic E-state index is 5.71. The molecule has 0 aliphatic carbocycles. The molecule has 0 unspecified atom stereocenters. The zero-order chi connectivity index (χ0) is 20.4. The number of benzene rings is 2. The first kappa shape index (κ1) is 19.6. The van der Waals surface area contributed by atoms with Gasteiger partial charge in [-0.25, -0.2) is 4.98 Å². The Bertz CT molecular complexity index is 991. The van der Waals surface area contributed by atoms with E-state index in [1.165, 1.54) is 11.1 Å². The minimum absolute atomic E-state index is 0.562. The van der Waals surface area contributed by atoms with Gasteiger partial charge in [0.1, 0.15) is 11.5 Å². The van der Waals surface area contributed by atoms with Crippen LogP contribution in [-0.2, 0) is 6.54 Å². The molecule has 0 atom stereocenters. The van der Waals surface area contributed by atoms with E-state index in [1.54, 1.807) is 14.2 Å². The summed E-state index contributed by atoms with van der Waals surface area (Å²) in [5.41, 5.74) is 4.85. The van der Waals surface area contributed by atoms with Crippen molar-refractivity contribution in [3.8, 4) is 11.5 Å². The molecule has 3 aromatic rings. The third kappa shape index (κ3) is 3.43. The number of imidazole rings is 1. The quantitative estimate of drug-likeness (QED) is 0.523. The molecular formula is C24H31N3O2. The molecule has 2 aromatic carbocycles. The molecule has 5 heteroatoms. The highest BCUT2D eigenvalue weighted by atomic mass is 16.5. The predicted octanol–water partition coefficient (Wildman–Crippen LogP) is 5.89. The highest BCUT2D eigenvalue weighted by molar-refractivity contribution is 5.84. The normalized spacial score (nSPS) is 14.2. The van der Waals surface area contributed by atoms with Crippen molar-refractivity contribution >= 4 is 22.7 Å². The minimum Gasteiger partial charge on any atom is -0.497 e. The van der Waals surface area contributed by atoms with Crippen molar-refractivity contribution in [1.29, 1.82) is 0 Å². The van der Waals surface area contributed by atoms with E-state index in [-0.39, 0.29) is 0 Å². The number of methoxy groups -OCH3 is 2. The number of fused-ring (bicyclic) bond motifs is 3. The molecule has 2 heterocycles. The fraction of sp³-hybridized carbons (Fsp3) is 0.458. The second kappa shape index (κ2) is 8.36. The molecule has 0 N–H and O–H groups in total. The van der Waals surface area contributed by atoms with Gasteiger partial charge in [0.15, 0.2) is 0 Å². The van der Waals surface area contributed by atoms with Crippen molar-refractivity contribution in [2.45, 2.75) is 52.0 Å². The molecule has 1 aliphatic rings. The molecule has 0 radical (unpaired) electrons. The molecule has 0 amide bonds. The topological polar surface area (TPSA) is 39.5 Å². The number of anilines is 2. The van der Waals surface area contributed by atoms with Gasteiger partial charge in [0, 0.05) is 19.2 Å². The van der Waals surface area contributed by atoms with Gasteiger partial charge in [-0.2, -0.15) is 0 Å². The molecule has 5 nitrogen and oxygen atoms in total. The molecule has 154 valence electrons. The predicted molar refractivity (Wildman–Crippen MR) is 119 cm³/mol. The van der Waals surface area contributed by atoms with Gasteiger partial charge in [0.2, 0.25) is 5.95 Å². The average Bonchev–Trinajstić information content (AvgIpc) is 3.01. The molecule has 0 fully saturated rings. The summed E-state index contributed by atoms with van der Waals surface area (Å²) in [5, 5.41) is 0. The Kier molecular flexibility index (Phi) is 5.65. The van der Waals surface area contributed by atoms with Gasteiger partial charge in [-0.05, 0) is 55.4 Å². The van der Waals surface area contributed by atoms with E-state index in [2.05, 4.69) is 47.6 Å². The van der Waals surface area contributed by atoms with Crippen LogP contribution < -0.4 is 14.4 Å². The van der Waals surface area contributed by atoms with Gasteiger partial charge in [0.05, 0.1) is 30.9 Å². The summed E-state index contributed by atoms with van der Waals surface area (Å²) in [4.78, 5) is 7.41. The van der Waals surface area contributed by atoms with E-state index in [0.717, 1.165) is 67.4 Å². The second-order valence-corrected chi connectivity index (χ2v) is 7.69. The summed E-state index contributed by atoms with van der Waals surface area (Å²) in [7, 11) is 3.39. The minimum atomic E-state index is 0.562. The molecule has 1 aromatic heterocycles. The van der Waals surface area contributed by atoms with Crippen molar-refractivity contribution in [2.24, 2.45) is 0 Å². The highest BCUT2D eigenvalue weighted by Gasteiger charge is 2.26. The third-order valence-electron chi connectivity index (χ3n) is 6.14. The Balaban J connectivity index is 1.90. The maximum atomic E-state index is 5.71. The number of nitrogens with zero attached hydrogens (tertiary/aromatic N) is 3. The van der Waals surface area contributed by atoms with Gasteiger partial charge in [0.25, 0.3) is 0 Å². The van der Waals surface area contributed by atoms with Crippen LogP contribution in [0.3, 0.4) is 0 Å². The Morgan fingerprint density at radius 3 is 2.52 bits per heavy atom. The van der Waals surface area contributed by atoms with Crippen molar-refractivity contribution in [3.05, 3.63) is 42.0 Å². The van der Waals surface area contributed by atoms with Crippen LogP contribution >= 0.6 is 0 Å². The maximum Gasteiger partial charge on any atom is 0.211 e. The van der Waals surface area contributed by atoms with Gasteiger partial charge < -0.3 is 18.9 Å². The first-order valence-corrected chi connectivity index (χ1v) is 10.7. The molecule has 1 aliphatic heterocycles. The van der Waals surface area contributed by atoms with Crippen LogP contribution in [-0.4, -0.2) is 30.3 Å². The van der Waals surface area contributed by atoms with Gasteiger partial charge in [-0.1, -0.05) is 26.0 Å². The molecule has 0 bridgehead atoms. The molecule has 29 heavy (non-hydrogen) atoms. The van der Waals surface area contributed by atoms with E-state index in [0.29, 0.717) is 5.92 Å². The fourth-order valence-electron chi connectivity index (χ4n) is 4.55. The van der Waals surface area contributed by atoms with E-state index in [4.69, 9.17) is 14.5 Å². The lowest BCUT2D eigenvalue weighted by Gasteiger charge is -2.24. The number of aromatic nitrogens is 2. The van der Waals surface area contributed by atoms with Crippen LogP contribution in [0.1, 0.15) is 51.0 Å². The number of aryl methyl sites for hydroxylation is 1. The smallest absolute Gasteiger partial charge is 0.211 e. The van der Waals surface area contributed by atoms with Crippen LogP contribution in [0.5, 0.6) is 11.5 Å². The van der Waals surface area contributed by atoms with Crippen LogP contribution in [0.25, 0.3) is 11.0 Å². The van der Waals surface area contributed by atoms with Crippen molar-refractivity contribution in [1.82, 2.24) is 9.55 Å². The molecule has 0 saturated carbocycles. The lowest BCUT2D eigenvalue weighted by molar-refractivity contribution is 0.394. The number of hydrogen-bond donors (Lipinski definition) is 0. The van der Waals surface area contributed by atoms with Crippen molar-refractivity contribution < 1.29 is 9.47 Å². The van der Waals surface area contributed by atoms with Gasteiger partial charge in [-0.15, -0.1) is 0 Å². The van der Waals surface area contributed by atoms with E-state index >= 15 is 0 Å². The zero-order valence-corrected chi connectivity index (χ0v) is 17.9. The Morgan fingerprint density at radius 2 is 1.79 bits per heavy atom. The van der Waals surface area contributed by atoms with Crippen molar-refractivity contribution in [3.63, 3.8) is 0 Å². The van der Waals surface area contributed by atoms with Crippen LogP contribution in [0.15, 0.2) is 36.4 Å². The van der Waals surface area contributed by atoms with Crippen LogP contribution in [0.4, 0.5) is 11.6 Å². The second-order valence-electron chi connectivity index (χ2n) is 7.69. The first-order chi connectivity index (χ1) is 14.2. The Hall–Kier alpha value is -2.69. The fourth-order valence-corrected chi connectivity index (χ4v) is 4.55. The first-order valence-electron chi connectivity index (χ1n) is 10.7. The molecular weight excluding hydrogens is 362 g/mol. The van der Waals surface area contributed by atoms with Gasteiger partial charge >= 0.3 is 0 Å². The van der Waals surface area contributed by atoms with Crippen molar-refractivity contribution in [2.75, 3.05) is 25.7 Å². The average molecular weight is 394 g/mol. The summed E-state index contributed by atoms with van der Waals surface area (Å²) >= 11 is 0. The monoisotopic (exact) mass is 393 g/mol. The standard InChI is InChI=1S/C24H31N3O2/c1-5-17(6-2)19-10-9-11-20-23(19)27-15-8-7-14-26(24(27)25-20)21-13-12-18(28-3)16-22(21)29-4/h9-13,16-17H,5-8,14-15H2,1-4H3. The number of ether oxygens (including phenoxy) is 2. The molecule has 0 spiro atoms. The number of hydrogen-bond acceptors (Lipinski definition) is 4. The number of rotatable bonds is 6. The summed E-state index contributed by atoms with van der Waals surface area (Å²) in [6.07, 6.45) is 4.55. The van der Waals surface area contributed by atoms with Gasteiger partial charge in [-0.3, -0.25) is 0 Å². The van der Waals surface area contributed by atoms with E-state index in [1.807, 2.05) is 12.1 Å². The van der Waals surface area contributed by atoms with E-state index < -0.39 is 0 Å². The molecule has 0 saturated heterocycles. The van der Waals surface area contributed by atoms with Crippen LogP contribution in [0, 0.1) is 0 Å². The summed E-state index contributed by atoms with van der Waals surface area (Å²) in [6.45, 7) is 6.48. The third-order valence-corrected chi connectivity index (χ3v) is 6.14. The largest absolute Gasteiger partial charge is 0.497 e. The lowest BCUT2D eigenvalue weighted by atomic mass is 9.93. The highest BCUT2D eigenvalue weighted by Crippen LogP contribution is 2.40. The SMILES string of the molecule is CCC(CC)c1cccc2nc3n(c12)CCCCN3c1ccc(OC)cc1OC. The lowest BCUT2D eigenvalue weighted by Crippen LogP contribution is -2.20. The summed E-state index contributed by atoms with van der Waals surface area (Å²) in [5.74, 6) is 3.18. The summed E-state index contributed by atoms with van der Waals surface area (Å²) in [6, 6.07) is 12.6. The zero-order valence-electron chi connectivity index (χ0n) is 17.9. The number of para-hydroxylation sites is 1. The summed E-state index contributed by atoms with van der Waals surface area (Å²) < 4.78 is 13.5. The Labute approximate surface area is 173 Å². The molecule has 4 rings (SSSR count). The Morgan fingerprint density at radius 1 is 1.00 bits per heavy atom.